The van der Waals surface area contributed by atoms with Gasteiger partial charge in [0, 0.05) is 41.4 Å². The van der Waals surface area contributed by atoms with Crippen LogP contribution in [0.2, 0.25) is 5.02 Å². The van der Waals surface area contributed by atoms with Gasteiger partial charge in [0.15, 0.2) is 5.75 Å². The van der Waals surface area contributed by atoms with Crippen molar-refractivity contribution < 1.29 is 19.0 Å². The number of nitrogens with one attached hydrogen (secondary N) is 3. The number of aromatic nitrogens is 3. The second-order valence-electron chi connectivity index (χ2n) is 9.62. The molecule has 2 aliphatic heterocycles. The number of rotatable bonds is 7. The van der Waals surface area contributed by atoms with E-state index in [1.807, 2.05) is 30.3 Å². The first kappa shape index (κ1) is 22.4. The third-order valence-corrected chi connectivity index (χ3v) is 7.46. The van der Waals surface area contributed by atoms with Crippen LogP contribution in [0.15, 0.2) is 42.6 Å². The molecule has 4 aromatic rings. The highest BCUT2D eigenvalue weighted by Crippen LogP contribution is 2.51. The van der Waals surface area contributed by atoms with E-state index < -0.39 is 0 Å². The van der Waals surface area contributed by atoms with Gasteiger partial charge in [-0.25, -0.2) is 4.98 Å². The van der Waals surface area contributed by atoms with Crippen molar-refractivity contribution in [1.29, 1.82) is 0 Å². The van der Waals surface area contributed by atoms with Gasteiger partial charge in [-0.05, 0) is 30.7 Å². The van der Waals surface area contributed by atoms with Gasteiger partial charge in [-0.2, -0.15) is 0 Å². The smallest absolute Gasteiger partial charge is 0.255 e. The first-order chi connectivity index (χ1) is 18.1. The molecule has 37 heavy (non-hydrogen) atoms. The number of anilines is 2. The number of benzene rings is 1. The van der Waals surface area contributed by atoms with Crippen LogP contribution in [-0.2, 0) is 4.74 Å². The Bertz CT molecular complexity index is 1550. The number of H-pyrrole nitrogens is 1. The summed E-state index contributed by atoms with van der Waals surface area (Å²) in [5.74, 6) is 1.55. The zero-order valence-corrected chi connectivity index (χ0v) is 20.8. The summed E-state index contributed by atoms with van der Waals surface area (Å²) in [7, 11) is 1.57. The molecule has 0 radical (unpaired) electrons. The van der Waals surface area contributed by atoms with Crippen LogP contribution >= 0.6 is 11.6 Å². The van der Waals surface area contributed by atoms with E-state index in [-0.39, 0.29) is 17.9 Å². The van der Waals surface area contributed by atoms with Gasteiger partial charge in [0.25, 0.3) is 5.91 Å². The fraction of sp³-hybridized carbons (Fsp3) is 0.296. The minimum atomic E-state index is -0.113. The first-order valence-corrected chi connectivity index (χ1v) is 12.6. The van der Waals surface area contributed by atoms with E-state index in [4.69, 9.17) is 30.8 Å². The standard InChI is InChI=1S/C27H24ClN5O4/c1-35-26-16(28)3-2-4-18(26)30-25-21-23(15-9-19(15)31-27(21)34)33-24(25)14-7-8-29-17-5-6-20(32-22(14)17)37-12-13-10-36-11-13/h2-8,13,15,19,30,33H,9-12H2,1H3,(H,31,34)/t15-,19+/m1/s1. The van der Waals surface area contributed by atoms with E-state index in [1.165, 1.54) is 0 Å². The summed E-state index contributed by atoms with van der Waals surface area (Å²) in [5.41, 5.74) is 5.78. The summed E-state index contributed by atoms with van der Waals surface area (Å²) in [6, 6.07) is 11.3. The molecule has 9 nitrogen and oxygen atoms in total. The lowest BCUT2D eigenvalue weighted by Gasteiger charge is -2.25. The minimum Gasteiger partial charge on any atom is -0.493 e. The molecule has 7 rings (SSSR count). The van der Waals surface area contributed by atoms with Gasteiger partial charge in [0.05, 0.1) is 60.1 Å². The second-order valence-corrected chi connectivity index (χ2v) is 10.0. The van der Waals surface area contributed by atoms with Crippen molar-refractivity contribution in [1.82, 2.24) is 20.3 Å². The van der Waals surface area contributed by atoms with Crippen molar-refractivity contribution in [3.8, 4) is 22.9 Å². The number of methoxy groups -OCH3 is 1. The third kappa shape index (κ3) is 3.77. The molecule has 2 fully saturated rings. The molecule has 10 heteroatoms. The Morgan fingerprint density at radius 1 is 1.22 bits per heavy atom. The molecule has 1 aliphatic carbocycles. The Kier molecular flexibility index (Phi) is 5.23. The van der Waals surface area contributed by atoms with E-state index in [1.54, 1.807) is 19.4 Å². The fourth-order valence-electron chi connectivity index (χ4n) is 5.10. The minimum absolute atomic E-state index is 0.113. The van der Waals surface area contributed by atoms with Crippen molar-refractivity contribution in [2.45, 2.75) is 18.4 Å². The highest BCUT2D eigenvalue weighted by molar-refractivity contribution is 6.32. The highest BCUT2D eigenvalue weighted by atomic mass is 35.5. The molecule has 0 bridgehead atoms. The van der Waals surface area contributed by atoms with Crippen molar-refractivity contribution in [2.24, 2.45) is 5.92 Å². The number of nitrogens with zero attached hydrogens (tertiary/aromatic N) is 2. The van der Waals surface area contributed by atoms with Crippen molar-refractivity contribution in [2.75, 3.05) is 32.2 Å². The number of fused-ring (bicyclic) bond motifs is 4. The van der Waals surface area contributed by atoms with Crippen LogP contribution in [0, 0.1) is 5.92 Å². The SMILES string of the molecule is COc1c(Cl)cccc1Nc1c(-c2ccnc3ccc(OCC4COC4)nc23)[nH]c2c1C(=O)N[C@H]1C[C@@H]21. The van der Waals surface area contributed by atoms with E-state index in [2.05, 4.69) is 20.6 Å². The Labute approximate surface area is 217 Å². The number of amides is 1. The van der Waals surface area contributed by atoms with Crippen molar-refractivity contribution >= 4 is 39.9 Å². The number of aromatic amines is 1. The zero-order chi connectivity index (χ0) is 25.1. The van der Waals surface area contributed by atoms with Gasteiger partial charge in [-0.3, -0.25) is 9.78 Å². The summed E-state index contributed by atoms with van der Waals surface area (Å²) in [6.07, 6.45) is 2.66. The van der Waals surface area contributed by atoms with E-state index in [0.717, 1.165) is 28.9 Å². The van der Waals surface area contributed by atoms with Crippen LogP contribution < -0.4 is 20.1 Å². The lowest BCUT2D eigenvalue weighted by Crippen LogP contribution is -2.32. The third-order valence-electron chi connectivity index (χ3n) is 7.17. The predicted molar refractivity (Wildman–Crippen MR) is 139 cm³/mol. The van der Waals surface area contributed by atoms with Gasteiger partial charge >= 0.3 is 0 Å². The van der Waals surface area contributed by atoms with Gasteiger partial charge in [0.1, 0.15) is 5.52 Å². The molecule has 0 unspecified atom stereocenters. The van der Waals surface area contributed by atoms with Gasteiger partial charge in [-0.15, -0.1) is 0 Å². The monoisotopic (exact) mass is 517 g/mol. The number of carbonyl (C=O) groups is 1. The normalized spacial score (nSPS) is 20.0. The topological polar surface area (TPSA) is 110 Å². The average molecular weight is 518 g/mol. The molecule has 1 aromatic carbocycles. The molecule has 188 valence electrons. The van der Waals surface area contributed by atoms with Gasteiger partial charge in [-0.1, -0.05) is 17.7 Å². The number of ether oxygens (including phenoxy) is 3. The quantitative estimate of drug-likeness (QED) is 0.327. The number of hydrogen-bond acceptors (Lipinski definition) is 7. The molecule has 3 aromatic heterocycles. The van der Waals surface area contributed by atoms with Crippen LogP contribution in [0.1, 0.15) is 28.4 Å². The van der Waals surface area contributed by atoms with Crippen molar-refractivity contribution in [3.63, 3.8) is 0 Å². The molecule has 1 saturated carbocycles. The molecule has 0 spiro atoms. The Morgan fingerprint density at radius 3 is 2.92 bits per heavy atom. The van der Waals surface area contributed by atoms with E-state index >= 15 is 0 Å². The zero-order valence-electron chi connectivity index (χ0n) is 20.0. The fourth-order valence-corrected chi connectivity index (χ4v) is 5.35. The van der Waals surface area contributed by atoms with Crippen LogP contribution in [0.25, 0.3) is 22.3 Å². The summed E-state index contributed by atoms with van der Waals surface area (Å²) >= 11 is 6.40. The summed E-state index contributed by atoms with van der Waals surface area (Å²) in [4.78, 5) is 26.1. The van der Waals surface area contributed by atoms with Gasteiger partial charge in [0.2, 0.25) is 5.88 Å². The molecule has 3 N–H and O–H groups in total. The molecule has 1 amide bonds. The number of carbonyl (C=O) groups excluding carboxylic acids is 1. The lowest BCUT2D eigenvalue weighted by molar-refractivity contribution is -0.0513. The van der Waals surface area contributed by atoms with Crippen molar-refractivity contribution in [3.05, 3.63) is 58.9 Å². The maximum absolute atomic E-state index is 13.2. The van der Waals surface area contributed by atoms with Crippen LogP contribution in [0.4, 0.5) is 11.4 Å². The Morgan fingerprint density at radius 2 is 2.11 bits per heavy atom. The van der Waals surface area contributed by atoms with Gasteiger partial charge < -0.3 is 29.8 Å². The molecule has 1 saturated heterocycles. The summed E-state index contributed by atoms with van der Waals surface area (Å²) < 4.78 is 16.8. The largest absolute Gasteiger partial charge is 0.493 e. The molecule has 5 heterocycles. The highest BCUT2D eigenvalue weighted by Gasteiger charge is 2.48. The maximum Gasteiger partial charge on any atom is 0.255 e. The molecule has 2 atom stereocenters. The number of halogens is 1. The average Bonchev–Trinajstić information content (AvgIpc) is 3.55. The molecule has 3 aliphatic rings. The Hall–Kier alpha value is -3.82. The second kappa shape index (κ2) is 8.64. The Balaban J connectivity index is 1.37. The van der Waals surface area contributed by atoms with Crippen LogP contribution in [0.3, 0.4) is 0 Å². The number of pyridine rings is 2. The first-order valence-electron chi connectivity index (χ1n) is 12.2. The van der Waals surface area contributed by atoms with Crippen LogP contribution in [-0.4, -0.2) is 53.8 Å². The van der Waals surface area contributed by atoms with E-state index in [0.29, 0.717) is 64.8 Å². The number of para-hydroxylation sites is 1. The van der Waals surface area contributed by atoms with E-state index in [9.17, 15) is 4.79 Å². The lowest BCUT2D eigenvalue weighted by atomic mass is 10.0. The van der Waals surface area contributed by atoms with Crippen LogP contribution in [0.5, 0.6) is 11.6 Å². The summed E-state index contributed by atoms with van der Waals surface area (Å²) in [6.45, 7) is 1.97. The summed E-state index contributed by atoms with van der Waals surface area (Å²) in [5, 5.41) is 7.03. The number of hydrogen-bond donors (Lipinski definition) is 3. The predicted octanol–water partition coefficient (Wildman–Crippen LogP) is 4.66. The molecular formula is C27H24ClN5O4. The molecular weight excluding hydrogens is 494 g/mol. The maximum atomic E-state index is 13.2.